The largest absolute Gasteiger partial charge is 0.416 e. The molecule has 0 radical (unpaired) electrons. The lowest BCUT2D eigenvalue weighted by Gasteiger charge is -2.31. The van der Waals surface area contributed by atoms with Crippen LogP contribution in [0.15, 0.2) is 53.4 Å². The summed E-state index contributed by atoms with van der Waals surface area (Å²) in [4.78, 5) is 13.8. The number of urea groups is 1. The van der Waals surface area contributed by atoms with Crippen molar-refractivity contribution in [3.8, 4) is 0 Å². The number of anilines is 1. The van der Waals surface area contributed by atoms with Gasteiger partial charge in [0.15, 0.2) is 9.84 Å². The average molecular weight is 430 g/mol. The zero-order chi connectivity index (χ0) is 21.2. The highest BCUT2D eigenvalue weighted by molar-refractivity contribution is 7.92. The number of carbonyl (C=O) groups excluding carboxylic acids is 1. The van der Waals surface area contributed by atoms with E-state index in [1.54, 1.807) is 0 Å². The minimum atomic E-state index is -4.46. The van der Waals surface area contributed by atoms with Gasteiger partial charge in [-0.15, -0.1) is 0 Å². The first-order chi connectivity index (χ1) is 13.6. The highest BCUT2D eigenvalue weighted by Gasteiger charge is 2.33. The number of sulfone groups is 1. The van der Waals surface area contributed by atoms with Crippen molar-refractivity contribution in [3.05, 3.63) is 59.9 Å². The fraction of sp³-hybridized carbons (Fsp3) is 0.316. The Morgan fingerprint density at radius 1 is 0.966 bits per heavy atom. The van der Waals surface area contributed by atoms with E-state index in [-0.39, 0.29) is 36.5 Å². The number of halogens is 4. The van der Waals surface area contributed by atoms with Crippen LogP contribution >= 0.6 is 0 Å². The van der Waals surface area contributed by atoms with Crippen molar-refractivity contribution < 1.29 is 30.8 Å². The van der Waals surface area contributed by atoms with E-state index >= 15 is 0 Å². The molecule has 0 aliphatic carbocycles. The summed E-state index contributed by atoms with van der Waals surface area (Å²) in [5, 5.41) is 1.82. The van der Waals surface area contributed by atoms with Crippen LogP contribution in [0.1, 0.15) is 18.4 Å². The molecule has 156 valence electrons. The maximum Gasteiger partial charge on any atom is 0.416 e. The third-order valence-corrected chi connectivity index (χ3v) is 7.05. The molecule has 0 spiro atoms. The molecule has 2 aromatic carbocycles. The third-order valence-electron chi connectivity index (χ3n) is 4.77. The number of piperidine rings is 1. The lowest BCUT2D eigenvalue weighted by Crippen LogP contribution is -2.44. The number of hydrogen-bond acceptors (Lipinski definition) is 3. The van der Waals surface area contributed by atoms with Gasteiger partial charge in [-0.05, 0) is 61.4 Å². The molecule has 2 aromatic rings. The number of alkyl halides is 3. The van der Waals surface area contributed by atoms with Crippen molar-refractivity contribution in [1.82, 2.24) is 4.90 Å². The molecule has 0 atom stereocenters. The summed E-state index contributed by atoms with van der Waals surface area (Å²) in [6.07, 6.45) is -4.04. The molecule has 10 heteroatoms. The fourth-order valence-electron chi connectivity index (χ4n) is 3.13. The summed E-state index contributed by atoms with van der Waals surface area (Å²) in [6, 6.07) is 8.15. The molecule has 1 aliphatic rings. The van der Waals surface area contributed by atoms with Gasteiger partial charge in [0.1, 0.15) is 5.82 Å². The van der Waals surface area contributed by atoms with Crippen LogP contribution < -0.4 is 5.32 Å². The molecule has 0 unspecified atom stereocenters. The van der Waals surface area contributed by atoms with Gasteiger partial charge < -0.3 is 10.2 Å². The van der Waals surface area contributed by atoms with Gasteiger partial charge in [-0.3, -0.25) is 0 Å². The normalized spacial score (nSPS) is 15.9. The van der Waals surface area contributed by atoms with Crippen LogP contribution in [0.5, 0.6) is 0 Å². The lowest BCUT2D eigenvalue weighted by atomic mass is 10.1. The van der Waals surface area contributed by atoms with E-state index in [1.807, 2.05) is 0 Å². The minimum absolute atomic E-state index is 0.0338. The quantitative estimate of drug-likeness (QED) is 0.583. The molecule has 2 amide bonds. The molecule has 0 aromatic heterocycles. The van der Waals surface area contributed by atoms with Crippen LogP contribution in [0.2, 0.25) is 0 Å². The molecule has 0 bridgehead atoms. The van der Waals surface area contributed by atoms with Crippen molar-refractivity contribution in [3.63, 3.8) is 0 Å². The Morgan fingerprint density at radius 3 is 2.03 bits per heavy atom. The van der Waals surface area contributed by atoms with Crippen molar-refractivity contribution in [2.75, 3.05) is 18.4 Å². The van der Waals surface area contributed by atoms with E-state index in [2.05, 4.69) is 5.32 Å². The van der Waals surface area contributed by atoms with E-state index in [0.29, 0.717) is 0 Å². The van der Waals surface area contributed by atoms with Gasteiger partial charge in [0, 0.05) is 18.8 Å². The molecule has 1 saturated heterocycles. The third kappa shape index (κ3) is 4.87. The molecule has 3 rings (SSSR count). The van der Waals surface area contributed by atoms with Gasteiger partial charge in [-0.2, -0.15) is 13.2 Å². The summed E-state index contributed by atoms with van der Waals surface area (Å²) < 4.78 is 76.1. The smallest absolute Gasteiger partial charge is 0.324 e. The number of nitrogens with zero attached hydrogens (tertiary/aromatic N) is 1. The Kier molecular flexibility index (Phi) is 5.83. The van der Waals surface area contributed by atoms with E-state index < -0.39 is 38.7 Å². The van der Waals surface area contributed by atoms with E-state index in [4.69, 9.17) is 0 Å². The van der Waals surface area contributed by atoms with Crippen LogP contribution in [0, 0.1) is 5.82 Å². The van der Waals surface area contributed by atoms with Crippen LogP contribution in [-0.4, -0.2) is 37.7 Å². The van der Waals surface area contributed by atoms with Gasteiger partial charge in [-0.25, -0.2) is 17.6 Å². The lowest BCUT2D eigenvalue weighted by molar-refractivity contribution is -0.137. The van der Waals surface area contributed by atoms with Crippen LogP contribution in [-0.2, 0) is 16.0 Å². The Hall–Kier alpha value is -2.62. The summed E-state index contributed by atoms with van der Waals surface area (Å²) in [5.41, 5.74) is -0.605. The number of nitrogens with one attached hydrogen (secondary N) is 1. The highest BCUT2D eigenvalue weighted by Crippen LogP contribution is 2.30. The second-order valence-electron chi connectivity index (χ2n) is 6.69. The number of hydrogen-bond donors (Lipinski definition) is 1. The van der Waals surface area contributed by atoms with Gasteiger partial charge in [0.05, 0.1) is 15.7 Å². The first-order valence-corrected chi connectivity index (χ1v) is 10.3. The molecule has 29 heavy (non-hydrogen) atoms. The van der Waals surface area contributed by atoms with Gasteiger partial charge in [0.2, 0.25) is 0 Å². The van der Waals surface area contributed by atoms with Crippen LogP contribution in [0.25, 0.3) is 0 Å². The fourth-order valence-corrected chi connectivity index (χ4v) is 4.86. The Morgan fingerprint density at radius 2 is 1.52 bits per heavy atom. The van der Waals surface area contributed by atoms with E-state index in [9.17, 15) is 30.8 Å². The number of rotatable bonds is 3. The zero-order valence-electron chi connectivity index (χ0n) is 15.1. The minimum Gasteiger partial charge on any atom is -0.324 e. The van der Waals surface area contributed by atoms with Crippen LogP contribution in [0.4, 0.5) is 28.0 Å². The number of carbonyl (C=O) groups is 1. The predicted molar refractivity (Wildman–Crippen MR) is 98.6 cm³/mol. The molecule has 1 N–H and O–H groups in total. The summed E-state index contributed by atoms with van der Waals surface area (Å²) in [7, 11) is -3.64. The first kappa shape index (κ1) is 21.1. The maximum atomic E-state index is 13.0. The van der Waals surface area contributed by atoms with E-state index in [1.165, 1.54) is 17.0 Å². The zero-order valence-corrected chi connectivity index (χ0v) is 15.9. The second-order valence-corrected chi connectivity index (χ2v) is 8.92. The standard InChI is InChI=1S/C19H18F4N2O3S/c20-14-3-7-16(8-4-14)29(27,28)17-9-11-25(12-10-17)18(26)24-15-5-1-13(2-6-15)19(21,22)23/h1-8,17H,9-12H2,(H,24,26). The SMILES string of the molecule is O=C(Nc1ccc(C(F)(F)F)cc1)N1CCC(S(=O)(=O)c2ccc(F)cc2)CC1. The monoisotopic (exact) mass is 430 g/mol. The summed E-state index contributed by atoms with van der Waals surface area (Å²) >= 11 is 0. The molecule has 0 saturated carbocycles. The van der Waals surface area contributed by atoms with Crippen molar-refractivity contribution >= 4 is 21.6 Å². The average Bonchev–Trinajstić information content (AvgIpc) is 2.68. The van der Waals surface area contributed by atoms with Crippen LogP contribution in [0.3, 0.4) is 0 Å². The Labute approximate surface area is 165 Å². The van der Waals surface area contributed by atoms with Gasteiger partial charge in [-0.1, -0.05) is 0 Å². The molecular weight excluding hydrogens is 412 g/mol. The molecule has 1 aliphatic heterocycles. The topological polar surface area (TPSA) is 66.5 Å². The number of amides is 2. The van der Waals surface area contributed by atoms with Gasteiger partial charge in [0.25, 0.3) is 0 Å². The van der Waals surface area contributed by atoms with Crippen molar-refractivity contribution in [1.29, 1.82) is 0 Å². The summed E-state index contributed by atoms with van der Waals surface area (Å²) in [6.45, 7) is 0.356. The van der Waals surface area contributed by atoms with Crippen molar-refractivity contribution in [2.45, 2.75) is 29.2 Å². The second kappa shape index (κ2) is 8.02. The van der Waals surface area contributed by atoms with Crippen molar-refractivity contribution in [2.24, 2.45) is 0 Å². The predicted octanol–water partition coefficient (Wildman–Crippen LogP) is 4.31. The molecule has 5 nitrogen and oxygen atoms in total. The summed E-state index contributed by atoms with van der Waals surface area (Å²) in [5.74, 6) is -0.529. The molecule has 1 fully saturated rings. The maximum absolute atomic E-state index is 13.0. The Balaban J connectivity index is 1.59. The number of likely N-dealkylation sites (tertiary alicyclic amines) is 1. The van der Waals surface area contributed by atoms with Gasteiger partial charge >= 0.3 is 12.2 Å². The number of benzene rings is 2. The molecule has 1 heterocycles. The Bertz CT molecular complexity index is 966. The first-order valence-electron chi connectivity index (χ1n) is 8.80. The van der Waals surface area contributed by atoms with E-state index in [0.717, 1.165) is 36.4 Å². The highest BCUT2D eigenvalue weighted by atomic mass is 32.2. The molecular formula is C19H18F4N2O3S.